The number of nitrogens with zero attached hydrogens (tertiary/aromatic N) is 1. The van der Waals surface area contributed by atoms with Gasteiger partial charge in [-0.25, -0.2) is 0 Å². The first kappa shape index (κ1) is 17.3. The van der Waals surface area contributed by atoms with E-state index < -0.39 is 0 Å². The molecule has 0 spiro atoms. The number of likely N-dealkylation sites (N-methyl/N-ethyl adjacent to an activating group) is 1. The van der Waals surface area contributed by atoms with Crippen LogP contribution in [0.2, 0.25) is 0 Å². The second-order valence-electron chi connectivity index (χ2n) is 7.94. The molecule has 0 aromatic rings. The molecule has 0 aromatic carbocycles. The molecule has 124 valence electrons. The molecule has 2 aliphatic rings. The van der Waals surface area contributed by atoms with Gasteiger partial charge in [0, 0.05) is 11.6 Å². The van der Waals surface area contributed by atoms with Crippen molar-refractivity contribution in [2.45, 2.75) is 90.6 Å². The summed E-state index contributed by atoms with van der Waals surface area (Å²) in [5.74, 6) is 1.85. The molecule has 2 heteroatoms. The van der Waals surface area contributed by atoms with Gasteiger partial charge in [-0.1, -0.05) is 39.5 Å². The highest BCUT2D eigenvalue weighted by molar-refractivity contribution is 4.99. The van der Waals surface area contributed by atoms with E-state index in [0.717, 1.165) is 18.4 Å². The molecule has 1 heterocycles. The Morgan fingerprint density at radius 3 is 2.38 bits per heavy atom. The summed E-state index contributed by atoms with van der Waals surface area (Å²) in [6.45, 7) is 13.4. The highest BCUT2D eigenvalue weighted by atomic mass is 15.2. The molecule has 2 nitrogen and oxygen atoms in total. The molecule has 1 aliphatic heterocycles. The lowest BCUT2D eigenvalue weighted by atomic mass is 9.71. The number of hydrogen-bond donors (Lipinski definition) is 1. The SMILES string of the molecule is CCNC(C1CCCC(CC)C1)C(C)(C)N1CCCCC1. The third kappa shape index (κ3) is 4.22. The average Bonchev–Trinajstić information content (AvgIpc) is 2.53. The van der Waals surface area contributed by atoms with E-state index in [2.05, 4.69) is 37.9 Å². The summed E-state index contributed by atoms with van der Waals surface area (Å²) >= 11 is 0. The fourth-order valence-corrected chi connectivity index (χ4v) is 4.89. The van der Waals surface area contributed by atoms with Crippen LogP contribution in [0.5, 0.6) is 0 Å². The van der Waals surface area contributed by atoms with Gasteiger partial charge in [-0.15, -0.1) is 0 Å². The zero-order chi connectivity index (χ0) is 15.3. The van der Waals surface area contributed by atoms with Crippen LogP contribution in [-0.2, 0) is 0 Å². The van der Waals surface area contributed by atoms with Gasteiger partial charge in [0.25, 0.3) is 0 Å². The molecule has 0 bridgehead atoms. The molecule has 2 fully saturated rings. The van der Waals surface area contributed by atoms with Crippen molar-refractivity contribution in [3.63, 3.8) is 0 Å². The fraction of sp³-hybridized carbons (Fsp3) is 1.00. The molecule has 0 amide bonds. The van der Waals surface area contributed by atoms with Crippen molar-refractivity contribution < 1.29 is 0 Å². The van der Waals surface area contributed by atoms with E-state index >= 15 is 0 Å². The zero-order valence-corrected chi connectivity index (χ0v) is 15.0. The van der Waals surface area contributed by atoms with Crippen molar-refractivity contribution in [3.05, 3.63) is 0 Å². The molecule has 1 saturated heterocycles. The van der Waals surface area contributed by atoms with Gasteiger partial charge >= 0.3 is 0 Å². The standard InChI is InChI=1S/C19H38N2/c1-5-16-11-10-12-17(15-16)18(20-6-2)19(3,4)21-13-8-7-9-14-21/h16-18,20H,5-15H2,1-4H3. The monoisotopic (exact) mass is 294 g/mol. The molecule has 0 radical (unpaired) electrons. The van der Waals surface area contributed by atoms with Gasteiger partial charge in [0.1, 0.15) is 0 Å². The number of likely N-dealkylation sites (tertiary alicyclic amines) is 1. The summed E-state index contributed by atoms with van der Waals surface area (Å²) in [5.41, 5.74) is 0.302. The Hall–Kier alpha value is -0.0800. The molecule has 1 aliphatic carbocycles. The average molecular weight is 295 g/mol. The summed E-state index contributed by atoms with van der Waals surface area (Å²) < 4.78 is 0. The van der Waals surface area contributed by atoms with Gasteiger partial charge in [0.2, 0.25) is 0 Å². The fourth-order valence-electron chi connectivity index (χ4n) is 4.89. The number of piperidine rings is 1. The molecule has 21 heavy (non-hydrogen) atoms. The second kappa shape index (κ2) is 7.97. The van der Waals surface area contributed by atoms with E-state index in [1.807, 2.05) is 0 Å². The van der Waals surface area contributed by atoms with E-state index in [0.29, 0.717) is 11.6 Å². The summed E-state index contributed by atoms with van der Waals surface area (Å²) in [5, 5.41) is 3.89. The molecule has 1 N–H and O–H groups in total. The maximum absolute atomic E-state index is 3.89. The minimum atomic E-state index is 0.302. The second-order valence-corrected chi connectivity index (χ2v) is 7.94. The van der Waals surface area contributed by atoms with Crippen LogP contribution in [-0.4, -0.2) is 36.1 Å². The smallest absolute Gasteiger partial charge is 0.0308 e. The molecular weight excluding hydrogens is 256 g/mol. The van der Waals surface area contributed by atoms with Gasteiger partial charge in [-0.3, -0.25) is 4.90 Å². The maximum Gasteiger partial charge on any atom is 0.0308 e. The summed E-state index contributed by atoms with van der Waals surface area (Å²) in [4.78, 5) is 2.78. The molecule has 0 aromatic heterocycles. The minimum Gasteiger partial charge on any atom is -0.312 e. The zero-order valence-electron chi connectivity index (χ0n) is 15.0. The topological polar surface area (TPSA) is 15.3 Å². The van der Waals surface area contributed by atoms with E-state index in [-0.39, 0.29) is 0 Å². The van der Waals surface area contributed by atoms with Crippen LogP contribution in [0.3, 0.4) is 0 Å². The number of nitrogens with one attached hydrogen (secondary N) is 1. The normalized spacial score (nSPS) is 30.3. The Kier molecular flexibility index (Phi) is 6.55. The van der Waals surface area contributed by atoms with Crippen molar-refractivity contribution >= 4 is 0 Å². The largest absolute Gasteiger partial charge is 0.312 e. The van der Waals surface area contributed by atoms with Crippen molar-refractivity contribution in [1.29, 1.82) is 0 Å². The van der Waals surface area contributed by atoms with Crippen molar-refractivity contribution in [2.75, 3.05) is 19.6 Å². The van der Waals surface area contributed by atoms with Gasteiger partial charge < -0.3 is 5.32 Å². The first-order valence-electron chi connectivity index (χ1n) is 9.58. The van der Waals surface area contributed by atoms with Crippen molar-refractivity contribution in [3.8, 4) is 0 Å². The van der Waals surface area contributed by atoms with Crippen LogP contribution in [0.1, 0.15) is 79.1 Å². The number of hydrogen-bond acceptors (Lipinski definition) is 2. The van der Waals surface area contributed by atoms with E-state index in [9.17, 15) is 0 Å². The summed E-state index contributed by atoms with van der Waals surface area (Å²) in [6.07, 6.45) is 11.4. The van der Waals surface area contributed by atoms with Gasteiger partial charge in [-0.05, 0) is 71.0 Å². The van der Waals surface area contributed by atoms with Gasteiger partial charge in [0.15, 0.2) is 0 Å². The lowest BCUT2D eigenvalue weighted by Gasteiger charge is -2.50. The van der Waals surface area contributed by atoms with Crippen LogP contribution < -0.4 is 5.32 Å². The van der Waals surface area contributed by atoms with Crippen LogP contribution in [0, 0.1) is 11.8 Å². The van der Waals surface area contributed by atoms with Crippen LogP contribution in [0.15, 0.2) is 0 Å². The molecule has 3 atom stereocenters. The Labute approximate surface area is 133 Å². The lowest BCUT2D eigenvalue weighted by Crippen LogP contribution is -2.62. The first-order valence-corrected chi connectivity index (χ1v) is 9.58. The summed E-state index contributed by atoms with van der Waals surface area (Å²) in [6, 6.07) is 0.662. The molecule has 1 saturated carbocycles. The highest BCUT2D eigenvalue weighted by Gasteiger charge is 2.41. The van der Waals surface area contributed by atoms with Gasteiger partial charge in [-0.2, -0.15) is 0 Å². The predicted octanol–water partition coefficient (Wildman–Crippen LogP) is 4.45. The van der Waals surface area contributed by atoms with Crippen LogP contribution >= 0.6 is 0 Å². The van der Waals surface area contributed by atoms with E-state index in [1.165, 1.54) is 64.5 Å². The molecule has 2 rings (SSSR count). The highest BCUT2D eigenvalue weighted by Crippen LogP contribution is 2.38. The Balaban J connectivity index is 2.08. The summed E-state index contributed by atoms with van der Waals surface area (Å²) in [7, 11) is 0. The van der Waals surface area contributed by atoms with E-state index in [4.69, 9.17) is 0 Å². The first-order chi connectivity index (χ1) is 10.1. The molecular formula is C19H38N2. The lowest BCUT2D eigenvalue weighted by molar-refractivity contribution is 0.0271. The Morgan fingerprint density at radius 1 is 1.05 bits per heavy atom. The third-order valence-corrected chi connectivity index (χ3v) is 6.23. The maximum atomic E-state index is 3.89. The van der Waals surface area contributed by atoms with Crippen molar-refractivity contribution in [2.24, 2.45) is 11.8 Å². The van der Waals surface area contributed by atoms with Crippen LogP contribution in [0.25, 0.3) is 0 Å². The van der Waals surface area contributed by atoms with Crippen LogP contribution in [0.4, 0.5) is 0 Å². The van der Waals surface area contributed by atoms with Gasteiger partial charge in [0.05, 0.1) is 0 Å². The third-order valence-electron chi connectivity index (χ3n) is 6.23. The van der Waals surface area contributed by atoms with Crippen molar-refractivity contribution in [1.82, 2.24) is 10.2 Å². The van der Waals surface area contributed by atoms with E-state index in [1.54, 1.807) is 0 Å². The number of rotatable bonds is 6. The predicted molar refractivity (Wildman–Crippen MR) is 92.7 cm³/mol. The molecule has 3 unspecified atom stereocenters. The minimum absolute atomic E-state index is 0.302. The quantitative estimate of drug-likeness (QED) is 0.779. The Bertz CT molecular complexity index is 294. The Morgan fingerprint density at radius 2 is 1.76 bits per heavy atom.